The lowest BCUT2D eigenvalue weighted by Crippen LogP contribution is -2.01. The Morgan fingerprint density at radius 2 is 2.13 bits per heavy atom. The number of hydrogen-bond acceptors (Lipinski definition) is 5. The second kappa shape index (κ2) is 6.07. The lowest BCUT2D eigenvalue weighted by molar-refractivity contribution is 0.292. The molecule has 0 aliphatic heterocycles. The van der Waals surface area contributed by atoms with Crippen LogP contribution in [0.4, 0.5) is 4.39 Å². The number of rotatable bonds is 3. The summed E-state index contributed by atoms with van der Waals surface area (Å²) in [6.45, 7) is 0.0383. The topological polar surface area (TPSA) is 79.0 Å². The molecule has 7 heteroatoms. The van der Waals surface area contributed by atoms with Gasteiger partial charge in [-0.15, -0.1) is 0 Å². The molecule has 0 spiro atoms. The van der Waals surface area contributed by atoms with Crippen molar-refractivity contribution in [1.29, 1.82) is 5.26 Å². The van der Waals surface area contributed by atoms with Crippen LogP contribution in [0.2, 0.25) is 5.15 Å². The van der Waals surface area contributed by atoms with Gasteiger partial charge in [0.25, 0.3) is 0 Å². The van der Waals surface area contributed by atoms with Crippen LogP contribution in [0.25, 0.3) is 10.8 Å². The van der Waals surface area contributed by atoms with Gasteiger partial charge in [0.1, 0.15) is 29.2 Å². The molecule has 5 nitrogen and oxygen atoms in total. The van der Waals surface area contributed by atoms with Gasteiger partial charge in [0.2, 0.25) is 11.8 Å². The van der Waals surface area contributed by atoms with Crippen molar-refractivity contribution in [3.63, 3.8) is 0 Å². The fourth-order valence-corrected chi connectivity index (χ4v) is 2.31. The van der Waals surface area contributed by atoms with E-state index in [4.69, 9.17) is 21.6 Å². The highest BCUT2D eigenvalue weighted by atomic mass is 35.5. The molecule has 1 aromatic carbocycles. The summed E-state index contributed by atoms with van der Waals surface area (Å²) in [7, 11) is 0. The van der Waals surface area contributed by atoms with Crippen molar-refractivity contribution in [1.82, 2.24) is 9.97 Å². The summed E-state index contributed by atoms with van der Waals surface area (Å²) in [6, 6.07) is 9.06. The van der Waals surface area contributed by atoms with Gasteiger partial charge in [0.05, 0.1) is 0 Å². The molecular weight excluding hydrogens is 321 g/mol. The largest absolute Gasteiger partial charge is 0.492 e. The van der Waals surface area contributed by atoms with Crippen LogP contribution in [0.3, 0.4) is 0 Å². The Bertz CT molecular complexity index is 940. The highest BCUT2D eigenvalue weighted by Crippen LogP contribution is 2.32. The summed E-state index contributed by atoms with van der Waals surface area (Å²) in [5.74, 6) is -0.965. The fraction of sp³-hybridized carbons (Fsp3) is 0.0625. The summed E-state index contributed by atoms with van der Waals surface area (Å²) in [5, 5.41) is 19.9. The molecule has 0 aliphatic rings. The third-order valence-corrected chi connectivity index (χ3v) is 3.57. The quantitative estimate of drug-likeness (QED) is 0.743. The van der Waals surface area contributed by atoms with Crippen LogP contribution >= 0.6 is 11.6 Å². The smallest absolute Gasteiger partial charge is 0.233 e. The third kappa shape index (κ3) is 2.87. The second-order valence-electron chi connectivity index (χ2n) is 4.66. The Balaban J connectivity index is 2.06. The molecular formula is C16H9ClFN3O2. The van der Waals surface area contributed by atoms with Gasteiger partial charge in [0.15, 0.2) is 0 Å². The van der Waals surface area contributed by atoms with E-state index in [9.17, 15) is 9.50 Å². The van der Waals surface area contributed by atoms with Crippen LogP contribution < -0.4 is 4.74 Å². The number of pyridine rings is 2. The zero-order valence-electron chi connectivity index (χ0n) is 11.6. The van der Waals surface area contributed by atoms with Gasteiger partial charge in [-0.05, 0) is 24.3 Å². The number of ether oxygens (including phenoxy) is 1. The molecule has 0 saturated carbocycles. The van der Waals surface area contributed by atoms with E-state index in [-0.39, 0.29) is 23.2 Å². The Morgan fingerprint density at radius 3 is 2.87 bits per heavy atom. The highest BCUT2D eigenvalue weighted by molar-refractivity contribution is 6.30. The van der Waals surface area contributed by atoms with Gasteiger partial charge in [-0.1, -0.05) is 17.7 Å². The summed E-state index contributed by atoms with van der Waals surface area (Å²) in [6.07, 6.45) is 1.54. The van der Waals surface area contributed by atoms with E-state index in [1.807, 2.05) is 6.07 Å². The Kier molecular flexibility index (Phi) is 3.96. The van der Waals surface area contributed by atoms with E-state index in [0.717, 1.165) is 0 Å². The van der Waals surface area contributed by atoms with Crippen molar-refractivity contribution in [2.24, 2.45) is 0 Å². The van der Waals surface area contributed by atoms with Crippen molar-refractivity contribution in [2.45, 2.75) is 6.61 Å². The van der Waals surface area contributed by atoms with E-state index >= 15 is 0 Å². The number of fused-ring (bicyclic) bond motifs is 1. The fourth-order valence-electron chi connectivity index (χ4n) is 2.14. The van der Waals surface area contributed by atoms with Crippen molar-refractivity contribution in [3.8, 4) is 17.8 Å². The first-order valence-corrected chi connectivity index (χ1v) is 6.92. The van der Waals surface area contributed by atoms with Gasteiger partial charge in [0, 0.05) is 22.5 Å². The Labute approximate surface area is 135 Å². The number of benzene rings is 1. The van der Waals surface area contributed by atoms with Crippen LogP contribution in [0, 0.1) is 17.1 Å². The maximum atomic E-state index is 13.5. The summed E-state index contributed by atoms with van der Waals surface area (Å²) >= 11 is 5.95. The lowest BCUT2D eigenvalue weighted by atomic mass is 10.1. The number of hydrogen-bond donors (Lipinski definition) is 1. The molecule has 0 atom stereocenters. The average molecular weight is 330 g/mol. The van der Waals surface area contributed by atoms with Crippen LogP contribution in [0.5, 0.6) is 11.8 Å². The van der Waals surface area contributed by atoms with Gasteiger partial charge in [-0.25, -0.2) is 9.37 Å². The van der Waals surface area contributed by atoms with Crippen molar-refractivity contribution in [3.05, 3.63) is 58.6 Å². The molecule has 114 valence electrons. The molecule has 0 saturated heterocycles. The number of aromatic nitrogens is 2. The molecule has 3 aromatic rings. The molecule has 0 amide bonds. The van der Waals surface area contributed by atoms with Crippen molar-refractivity contribution in [2.75, 3.05) is 0 Å². The van der Waals surface area contributed by atoms with Crippen LogP contribution in [-0.4, -0.2) is 15.1 Å². The zero-order chi connectivity index (χ0) is 16.4. The maximum absolute atomic E-state index is 13.5. The molecule has 2 aromatic heterocycles. The number of nitriles is 1. The van der Waals surface area contributed by atoms with E-state index in [1.54, 1.807) is 18.3 Å². The predicted molar refractivity (Wildman–Crippen MR) is 81.7 cm³/mol. The van der Waals surface area contributed by atoms with E-state index in [1.165, 1.54) is 18.2 Å². The monoisotopic (exact) mass is 329 g/mol. The van der Waals surface area contributed by atoms with Crippen LogP contribution in [0.15, 0.2) is 36.5 Å². The standard InChI is InChI=1S/C16H9ClFN3O2/c17-14-9(2-1-5-20-14)8-23-16-12-6-10(18)3-4-11(12)13(7-19)15(22)21-16/h1-6H,8H2,(H,21,22). The molecule has 23 heavy (non-hydrogen) atoms. The minimum atomic E-state index is -0.502. The highest BCUT2D eigenvalue weighted by Gasteiger charge is 2.15. The summed E-state index contributed by atoms with van der Waals surface area (Å²) in [5.41, 5.74) is 0.580. The molecule has 3 rings (SSSR count). The van der Waals surface area contributed by atoms with Crippen molar-refractivity contribution >= 4 is 22.4 Å². The van der Waals surface area contributed by atoms with Crippen molar-refractivity contribution < 1.29 is 14.2 Å². The minimum Gasteiger partial charge on any atom is -0.492 e. The predicted octanol–water partition coefficient (Wildman–Crippen LogP) is 3.58. The lowest BCUT2D eigenvalue weighted by Gasteiger charge is -2.11. The number of halogens is 2. The number of aromatic hydroxyl groups is 1. The average Bonchev–Trinajstić information content (AvgIpc) is 2.54. The third-order valence-electron chi connectivity index (χ3n) is 3.22. The molecule has 0 radical (unpaired) electrons. The zero-order valence-corrected chi connectivity index (χ0v) is 12.4. The number of nitrogens with zero attached hydrogens (tertiary/aromatic N) is 3. The normalized spacial score (nSPS) is 10.5. The van der Waals surface area contributed by atoms with Crippen LogP contribution in [-0.2, 0) is 6.61 Å². The minimum absolute atomic E-state index is 0.0101. The van der Waals surface area contributed by atoms with Gasteiger partial charge < -0.3 is 9.84 Å². The molecule has 0 fully saturated rings. The second-order valence-corrected chi connectivity index (χ2v) is 5.02. The molecule has 2 heterocycles. The SMILES string of the molecule is N#Cc1c(O)nc(OCc2cccnc2Cl)c2cc(F)ccc12. The van der Waals surface area contributed by atoms with Gasteiger partial charge in [-0.3, -0.25) is 0 Å². The first-order valence-electron chi connectivity index (χ1n) is 6.54. The van der Waals surface area contributed by atoms with Gasteiger partial charge in [-0.2, -0.15) is 10.2 Å². The summed E-state index contributed by atoms with van der Waals surface area (Å²) < 4.78 is 19.1. The van der Waals surface area contributed by atoms with E-state index < -0.39 is 11.7 Å². The molecule has 1 N–H and O–H groups in total. The summed E-state index contributed by atoms with van der Waals surface area (Å²) in [4.78, 5) is 7.76. The Hall–Kier alpha value is -2.91. The Morgan fingerprint density at radius 1 is 1.30 bits per heavy atom. The van der Waals surface area contributed by atoms with E-state index in [2.05, 4.69) is 9.97 Å². The molecule has 0 aliphatic carbocycles. The van der Waals surface area contributed by atoms with Crippen LogP contribution in [0.1, 0.15) is 11.1 Å². The first kappa shape index (κ1) is 15.0. The van der Waals surface area contributed by atoms with Gasteiger partial charge >= 0.3 is 0 Å². The first-order chi connectivity index (χ1) is 11.1. The van der Waals surface area contributed by atoms with E-state index in [0.29, 0.717) is 16.3 Å². The molecule has 0 bridgehead atoms. The molecule has 0 unspecified atom stereocenters. The maximum Gasteiger partial charge on any atom is 0.233 e.